The summed E-state index contributed by atoms with van der Waals surface area (Å²) < 4.78 is 10.6. The van der Waals surface area contributed by atoms with E-state index >= 15 is 0 Å². The van der Waals surface area contributed by atoms with Gasteiger partial charge in [-0.3, -0.25) is 4.79 Å². The van der Waals surface area contributed by atoms with E-state index in [1.807, 2.05) is 41.3 Å². The molecule has 0 bridgehead atoms. The van der Waals surface area contributed by atoms with Gasteiger partial charge in [0.25, 0.3) is 0 Å². The van der Waals surface area contributed by atoms with Crippen molar-refractivity contribution in [3.05, 3.63) is 54.1 Å². The molecule has 0 unspecified atom stereocenters. The number of nitrogens with one attached hydrogen (secondary N) is 1. The summed E-state index contributed by atoms with van der Waals surface area (Å²) in [7, 11) is 3.14. The summed E-state index contributed by atoms with van der Waals surface area (Å²) in [5.41, 5.74) is 1.81. The number of urea groups is 1. The van der Waals surface area contributed by atoms with Crippen LogP contribution >= 0.6 is 0 Å². The van der Waals surface area contributed by atoms with E-state index in [-0.39, 0.29) is 24.4 Å². The largest absolute Gasteiger partial charge is 0.493 e. The molecule has 7 heteroatoms. The highest BCUT2D eigenvalue weighted by Crippen LogP contribution is 2.33. The molecule has 0 aliphatic carbocycles. The number of hydrogen-bond acceptors (Lipinski definition) is 4. The number of unbranched alkanes of at least 4 members (excludes halogenated alkanes) is 1. The normalized spacial score (nSPS) is 15.6. The monoisotopic (exact) mass is 425 g/mol. The topological polar surface area (TPSA) is 71.1 Å². The molecule has 2 aromatic rings. The number of carbonyl (C=O) groups is 2. The van der Waals surface area contributed by atoms with Crippen LogP contribution < -0.4 is 19.7 Å². The van der Waals surface area contributed by atoms with Crippen LogP contribution in [-0.4, -0.2) is 50.2 Å². The van der Waals surface area contributed by atoms with Crippen molar-refractivity contribution in [1.29, 1.82) is 0 Å². The molecule has 31 heavy (non-hydrogen) atoms. The smallest absolute Gasteiger partial charge is 0.317 e. The third-order valence-electron chi connectivity index (χ3n) is 5.42. The van der Waals surface area contributed by atoms with Crippen LogP contribution in [0.3, 0.4) is 0 Å². The number of carbonyl (C=O) groups excluding carboxylic acids is 2. The molecule has 3 rings (SSSR count). The van der Waals surface area contributed by atoms with Gasteiger partial charge in [-0.2, -0.15) is 0 Å². The highest BCUT2D eigenvalue weighted by atomic mass is 16.5. The number of nitrogens with zero attached hydrogens (tertiary/aromatic N) is 2. The fourth-order valence-electron chi connectivity index (χ4n) is 3.72. The molecule has 1 atom stereocenters. The third-order valence-corrected chi connectivity index (χ3v) is 5.42. The van der Waals surface area contributed by atoms with Gasteiger partial charge in [-0.05, 0) is 24.1 Å². The Kier molecular flexibility index (Phi) is 7.76. The Bertz CT molecular complexity index is 888. The fraction of sp³-hybridized carbons (Fsp3) is 0.417. The van der Waals surface area contributed by atoms with Crippen molar-refractivity contribution in [2.45, 2.75) is 38.8 Å². The van der Waals surface area contributed by atoms with Crippen molar-refractivity contribution in [3.63, 3.8) is 0 Å². The lowest BCUT2D eigenvalue weighted by atomic mass is 10.2. The minimum Gasteiger partial charge on any atom is -0.493 e. The molecule has 3 amide bonds. The van der Waals surface area contributed by atoms with Gasteiger partial charge < -0.3 is 24.6 Å². The molecule has 1 aliphatic rings. The Hall–Kier alpha value is -3.22. The van der Waals surface area contributed by atoms with E-state index < -0.39 is 0 Å². The van der Waals surface area contributed by atoms with Crippen molar-refractivity contribution in [1.82, 2.24) is 10.2 Å². The number of amides is 3. The van der Waals surface area contributed by atoms with E-state index in [1.165, 1.54) is 0 Å². The fourth-order valence-corrected chi connectivity index (χ4v) is 3.72. The lowest BCUT2D eigenvalue weighted by Gasteiger charge is -2.25. The maximum absolute atomic E-state index is 13.0. The quantitative estimate of drug-likeness (QED) is 0.663. The Balaban J connectivity index is 1.66. The second kappa shape index (κ2) is 10.7. The van der Waals surface area contributed by atoms with Gasteiger partial charge in [-0.15, -0.1) is 0 Å². The Labute approximate surface area is 183 Å². The minimum absolute atomic E-state index is 0.0271. The molecule has 0 aromatic heterocycles. The van der Waals surface area contributed by atoms with E-state index in [0.29, 0.717) is 31.1 Å². The van der Waals surface area contributed by atoms with Crippen LogP contribution in [0.5, 0.6) is 11.5 Å². The van der Waals surface area contributed by atoms with Gasteiger partial charge >= 0.3 is 6.03 Å². The van der Waals surface area contributed by atoms with Crippen LogP contribution in [0.15, 0.2) is 48.5 Å². The number of hydrogen-bond donors (Lipinski definition) is 1. The van der Waals surface area contributed by atoms with Crippen molar-refractivity contribution in [2.75, 3.05) is 32.2 Å². The zero-order valence-electron chi connectivity index (χ0n) is 18.5. The van der Waals surface area contributed by atoms with Crippen LogP contribution in [-0.2, 0) is 11.3 Å². The first-order chi connectivity index (χ1) is 15.0. The van der Waals surface area contributed by atoms with E-state index in [1.54, 1.807) is 31.3 Å². The molecule has 7 nitrogen and oxygen atoms in total. The first-order valence-corrected chi connectivity index (χ1v) is 10.7. The molecule has 1 saturated heterocycles. The van der Waals surface area contributed by atoms with Gasteiger partial charge in [0, 0.05) is 37.8 Å². The Morgan fingerprint density at radius 3 is 2.55 bits per heavy atom. The minimum atomic E-state index is -0.243. The SMILES string of the molecule is CCCCN(Cc1ccccc1)C(=O)N[C@H]1CC(=O)N(c2ccc(OC)c(OC)c2)C1. The molecule has 1 heterocycles. The van der Waals surface area contributed by atoms with Crippen molar-refractivity contribution in [2.24, 2.45) is 0 Å². The zero-order valence-corrected chi connectivity index (χ0v) is 18.5. The summed E-state index contributed by atoms with van der Waals surface area (Å²) in [6.07, 6.45) is 2.21. The predicted octanol–water partition coefficient (Wildman–Crippen LogP) is 3.82. The molecule has 166 valence electrons. The summed E-state index contributed by atoms with van der Waals surface area (Å²) in [5, 5.41) is 3.06. The zero-order chi connectivity index (χ0) is 22.2. The predicted molar refractivity (Wildman–Crippen MR) is 121 cm³/mol. The van der Waals surface area contributed by atoms with Crippen LogP contribution in [0.1, 0.15) is 31.7 Å². The maximum atomic E-state index is 13.0. The lowest BCUT2D eigenvalue weighted by molar-refractivity contribution is -0.117. The first-order valence-electron chi connectivity index (χ1n) is 10.7. The highest BCUT2D eigenvalue weighted by molar-refractivity contribution is 5.97. The van der Waals surface area contributed by atoms with E-state index in [2.05, 4.69) is 12.2 Å². The molecular weight excluding hydrogens is 394 g/mol. The number of benzene rings is 2. The second-order valence-corrected chi connectivity index (χ2v) is 7.65. The van der Waals surface area contributed by atoms with Crippen LogP contribution in [0, 0.1) is 0 Å². The van der Waals surface area contributed by atoms with Crippen LogP contribution in [0.25, 0.3) is 0 Å². The highest BCUT2D eigenvalue weighted by Gasteiger charge is 2.33. The summed E-state index contributed by atoms with van der Waals surface area (Å²) in [6, 6.07) is 15.0. The standard InChI is InChI=1S/C24H31N3O4/c1-4-5-13-26(16-18-9-7-6-8-10-18)24(29)25-19-14-23(28)27(17-19)20-11-12-21(30-2)22(15-20)31-3/h6-12,15,19H,4-5,13-14,16-17H2,1-3H3,(H,25,29)/t19-/m0/s1. The molecule has 1 fully saturated rings. The lowest BCUT2D eigenvalue weighted by Crippen LogP contribution is -2.45. The average molecular weight is 426 g/mol. The average Bonchev–Trinajstić information content (AvgIpc) is 3.16. The molecular formula is C24H31N3O4. The van der Waals surface area contributed by atoms with Crippen molar-refractivity contribution >= 4 is 17.6 Å². The van der Waals surface area contributed by atoms with Crippen LogP contribution in [0.2, 0.25) is 0 Å². The molecule has 0 spiro atoms. The molecule has 1 N–H and O–H groups in total. The summed E-state index contributed by atoms with van der Waals surface area (Å²) in [4.78, 5) is 29.1. The van der Waals surface area contributed by atoms with Crippen molar-refractivity contribution < 1.29 is 19.1 Å². The summed E-state index contributed by atoms with van der Waals surface area (Å²) >= 11 is 0. The van der Waals surface area contributed by atoms with Crippen molar-refractivity contribution in [3.8, 4) is 11.5 Å². The molecule has 1 aliphatic heterocycles. The number of anilines is 1. The molecule has 0 radical (unpaired) electrons. The van der Waals surface area contributed by atoms with Gasteiger partial charge in [0.15, 0.2) is 11.5 Å². The summed E-state index contributed by atoms with van der Waals surface area (Å²) in [5.74, 6) is 1.14. The van der Waals surface area contributed by atoms with E-state index in [0.717, 1.165) is 24.1 Å². The molecule has 2 aromatic carbocycles. The van der Waals surface area contributed by atoms with E-state index in [4.69, 9.17) is 9.47 Å². The van der Waals surface area contributed by atoms with Gasteiger partial charge in [-0.1, -0.05) is 43.7 Å². The second-order valence-electron chi connectivity index (χ2n) is 7.65. The first kappa shape index (κ1) is 22.5. The number of rotatable bonds is 9. The number of ether oxygens (including phenoxy) is 2. The third kappa shape index (κ3) is 5.69. The Morgan fingerprint density at radius 1 is 1.13 bits per heavy atom. The van der Waals surface area contributed by atoms with Gasteiger partial charge in [0.2, 0.25) is 5.91 Å². The summed E-state index contributed by atoms with van der Waals surface area (Å²) in [6.45, 7) is 3.76. The van der Waals surface area contributed by atoms with Gasteiger partial charge in [-0.25, -0.2) is 4.79 Å². The Morgan fingerprint density at radius 2 is 1.87 bits per heavy atom. The van der Waals surface area contributed by atoms with Gasteiger partial charge in [0.1, 0.15) is 0 Å². The van der Waals surface area contributed by atoms with Gasteiger partial charge in [0.05, 0.1) is 20.3 Å². The number of methoxy groups -OCH3 is 2. The maximum Gasteiger partial charge on any atom is 0.317 e. The molecule has 0 saturated carbocycles. The van der Waals surface area contributed by atoms with E-state index in [9.17, 15) is 9.59 Å². The van der Waals surface area contributed by atoms with Crippen LogP contribution in [0.4, 0.5) is 10.5 Å².